The standard InChI is InChI=1S/C23H26Cl2N2O2S/c1-2-21(23(29)27-17-11-12-19(24)20(25)14-17)30-18-10-6-9-16(13-18)26-22(28)15-7-4-3-5-8-15/h6,9-15,21H,2-5,7-8H2,1H3,(H,26,28)(H,27,29). The minimum atomic E-state index is -0.274. The molecule has 2 amide bonds. The van der Waals surface area contributed by atoms with Crippen LogP contribution in [-0.4, -0.2) is 17.1 Å². The molecule has 0 bridgehead atoms. The first-order valence-corrected chi connectivity index (χ1v) is 11.9. The predicted octanol–water partition coefficient (Wildman–Crippen LogP) is 7.02. The number of hydrogen-bond acceptors (Lipinski definition) is 3. The molecule has 1 saturated carbocycles. The Morgan fingerprint density at radius 1 is 1.00 bits per heavy atom. The van der Waals surface area contributed by atoms with Crippen molar-refractivity contribution in [1.29, 1.82) is 0 Å². The molecule has 0 spiro atoms. The lowest BCUT2D eigenvalue weighted by Crippen LogP contribution is -2.25. The molecule has 160 valence electrons. The SMILES string of the molecule is CCC(Sc1cccc(NC(=O)C2CCCCC2)c1)C(=O)Nc1ccc(Cl)c(Cl)c1. The zero-order chi connectivity index (χ0) is 21.5. The number of halogens is 2. The Kier molecular flexibility index (Phi) is 8.49. The van der Waals surface area contributed by atoms with E-state index < -0.39 is 0 Å². The molecule has 3 rings (SSSR count). The van der Waals surface area contributed by atoms with Gasteiger partial charge in [0.15, 0.2) is 0 Å². The summed E-state index contributed by atoms with van der Waals surface area (Å²) >= 11 is 13.4. The van der Waals surface area contributed by atoms with Crippen molar-refractivity contribution < 1.29 is 9.59 Å². The van der Waals surface area contributed by atoms with Gasteiger partial charge < -0.3 is 10.6 Å². The number of rotatable bonds is 7. The van der Waals surface area contributed by atoms with Crippen molar-refractivity contribution in [2.45, 2.75) is 55.6 Å². The number of nitrogens with one attached hydrogen (secondary N) is 2. The van der Waals surface area contributed by atoms with E-state index in [0.717, 1.165) is 36.3 Å². The van der Waals surface area contributed by atoms with Gasteiger partial charge in [-0.05, 0) is 55.7 Å². The lowest BCUT2D eigenvalue weighted by atomic mass is 9.88. The smallest absolute Gasteiger partial charge is 0.237 e. The number of thioether (sulfide) groups is 1. The first-order chi connectivity index (χ1) is 14.5. The van der Waals surface area contributed by atoms with Crippen molar-refractivity contribution in [2.24, 2.45) is 5.92 Å². The van der Waals surface area contributed by atoms with E-state index in [9.17, 15) is 9.59 Å². The van der Waals surface area contributed by atoms with Gasteiger partial charge in [0.2, 0.25) is 11.8 Å². The summed E-state index contributed by atoms with van der Waals surface area (Å²) in [6.45, 7) is 1.97. The summed E-state index contributed by atoms with van der Waals surface area (Å²) in [5.74, 6) is 0.106. The highest BCUT2D eigenvalue weighted by Crippen LogP contribution is 2.31. The van der Waals surface area contributed by atoms with Gasteiger partial charge in [0.25, 0.3) is 0 Å². The maximum absolute atomic E-state index is 12.7. The molecule has 2 N–H and O–H groups in total. The highest BCUT2D eigenvalue weighted by Gasteiger charge is 2.22. The van der Waals surface area contributed by atoms with E-state index in [1.807, 2.05) is 31.2 Å². The molecule has 2 aromatic carbocycles. The molecule has 4 nitrogen and oxygen atoms in total. The lowest BCUT2D eigenvalue weighted by molar-refractivity contribution is -0.120. The second-order valence-electron chi connectivity index (χ2n) is 7.48. The maximum atomic E-state index is 12.7. The Labute approximate surface area is 192 Å². The number of hydrogen-bond donors (Lipinski definition) is 2. The van der Waals surface area contributed by atoms with Gasteiger partial charge in [0.05, 0.1) is 15.3 Å². The Hall–Kier alpha value is -1.69. The normalized spacial score (nSPS) is 15.4. The molecule has 1 aliphatic carbocycles. The summed E-state index contributed by atoms with van der Waals surface area (Å²) in [4.78, 5) is 26.2. The third-order valence-corrected chi connectivity index (χ3v) is 7.30. The van der Waals surface area contributed by atoms with Gasteiger partial charge in [-0.2, -0.15) is 0 Å². The fraction of sp³-hybridized carbons (Fsp3) is 0.391. The Balaban J connectivity index is 1.61. The Morgan fingerprint density at radius 2 is 1.73 bits per heavy atom. The van der Waals surface area contributed by atoms with E-state index in [1.165, 1.54) is 18.2 Å². The Bertz CT molecular complexity index is 901. The minimum Gasteiger partial charge on any atom is -0.326 e. The third kappa shape index (κ3) is 6.40. The fourth-order valence-electron chi connectivity index (χ4n) is 3.54. The lowest BCUT2D eigenvalue weighted by Gasteiger charge is -2.21. The largest absolute Gasteiger partial charge is 0.326 e. The average molecular weight is 465 g/mol. The third-order valence-electron chi connectivity index (χ3n) is 5.21. The molecule has 1 fully saturated rings. The molecule has 0 heterocycles. The van der Waals surface area contributed by atoms with Crippen molar-refractivity contribution in [3.8, 4) is 0 Å². The number of anilines is 2. The van der Waals surface area contributed by atoms with Crippen molar-refractivity contribution in [2.75, 3.05) is 10.6 Å². The van der Waals surface area contributed by atoms with Crippen molar-refractivity contribution in [3.05, 3.63) is 52.5 Å². The van der Waals surface area contributed by atoms with Crippen molar-refractivity contribution >= 4 is 58.2 Å². The van der Waals surface area contributed by atoms with E-state index in [2.05, 4.69) is 10.6 Å². The van der Waals surface area contributed by atoms with Crippen LogP contribution >= 0.6 is 35.0 Å². The summed E-state index contributed by atoms with van der Waals surface area (Å²) in [5, 5.41) is 6.52. The van der Waals surface area contributed by atoms with Gasteiger partial charge in [0, 0.05) is 22.2 Å². The van der Waals surface area contributed by atoms with E-state index in [0.29, 0.717) is 22.2 Å². The van der Waals surface area contributed by atoms with E-state index in [-0.39, 0.29) is 23.0 Å². The van der Waals surface area contributed by atoms with Gasteiger partial charge in [-0.1, -0.05) is 55.5 Å². The molecule has 1 aliphatic rings. The Morgan fingerprint density at radius 3 is 2.43 bits per heavy atom. The molecule has 0 aromatic heterocycles. The average Bonchev–Trinajstić information content (AvgIpc) is 2.75. The van der Waals surface area contributed by atoms with Gasteiger partial charge in [0.1, 0.15) is 0 Å². The van der Waals surface area contributed by atoms with Crippen LogP contribution in [0.3, 0.4) is 0 Å². The molecule has 7 heteroatoms. The number of amides is 2. The highest BCUT2D eigenvalue weighted by molar-refractivity contribution is 8.00. The van der Waals surface area contributed by atoms with Crippen molar-refractivity contribution in [1.82, 2.24) is 0 Å². The van der Waals surface area contributed by atoms with Gasteiger partial charge in [-0.25, -0.2) is 0 Å². The number of benzene rings is 2. The van der Waals surface area contributed by atoms with Crippen LogP contribution in [0.25, 0.3) is 0 Å². The van der Waals surface area contributed by atoms with Gasteiger partial charge >= 0.3 is 0 Å². The summed E-state index contributed by atoms with van der Waals surface area (Å²) in [7, 11) is 0. The molecular formula is C23H26Cl2N2O2S. The van der Waals surface area contributed by atoms with Crippen LogP contribution in [0.4, 0.5) is 11.4 Å². The van der Waals surface area contributed by atoms with Crippen LogP contribution in [-0.2, 0) is 9.59 Å². The molecule has 1 unspecified atom stereocenters. The predicted molar refractivity (Wildman–Crippen MR) is 127 cm³/mol. The second kappa shape index (κ2) is 11.1. The fourth-order valence-corrected chi connectivity index (χ4v) is 4.85. The van der Waals surface area contributed by atoms with Crippen LogP contribution in [0.5, 0.6) is 0 Å². The summed E-state index contributed by atoms with van der Waals surface area (Å²) < 4.78 is 0. The molecule has 0 aliphatic heterocycles. The summed E-state index contributed by atoms with van der Waals surface area (Å²) in [6, 6.07) is 12.7. The first-order valence-electron chi connectivity index (χ1n) is 10.3. The number of carbonyl (C=O) groups excluding carboxylic acids is 2. The summed E-state index contributed by atoms with van der Waals surface area (Å²) in [5.41, 5.74) is 1.39. The number of carbonyl (C=O) groups is 2. The minimum absolute atomic E-state index is 0.0984. The van der Waals surface area contributed by atoms with Crippen molar-refractivity contribution in [3.63, 3.8) is 0 Å². The topological polar surface area (TPSA) is 58.2 Å². The molecular weight excluding hydrogens is 439 g/mol. The van der Waals surface area contributed by atoms with Crippen LogP contribution in [0.2, 0.25) is 10.0 Å². The van der Waals surface area contributed by atoms with Crippen LogP contribution in [0.15, 0.2) is 47.4 Å². The molecule has 0 saturated heterocycles. The zero-order valence-electron chi connectivity index (χ0n) is 16.9. The van der Waals surface area contributed by atoms with E-state index >= 15 is 0 Å². The molecule has 2 aromatic rings. The van der Waals surface area contributed by atoms with E-state index in [1.54, 1.807) is 18.2 Å². The summed E-state index contributed by atoms with van der Waals surface area (Å²) in [6.07, 6.45) is 6.06. The second-order valence-corrected chi connectivity index (χ2v) is 9.58. The van der Waals surface area contributed by atoms with Gasteiger partial charge in [-0.15, -0.1) is 11.8 Å². The van der Waals surface area contributed by atoms with Gasteiger partial charge in [-0.3, -0.25) is 9.59 Å². The molecule has 1 atom stereocenters. The molecule has 30 heavy (non-hydrogen) atoms. The quantitative estimate of drug-likeness (QED) is 0.432. The van der Waals surface area contributed by atoms with Crippen LogP contribution in [0, 0.1) is 5.92 Å². The monoisotopic (exact) mass is 464 g/mol. The maximum Gasteiger partial charge on any atom is 0.237 e. The first kappa shape index (κ1) is 23.0. The zero-order valence-corrected chi connectivity index (χ0v) is 19.2. The highest BCUT2D eigenvalue weighted by atomic mass is 35.5. The van der Waals surface area contributed by atoms with Crippen LogP contribution < -0.4 is 10.6 Å². The van der Waals surface area contributed by atoms with E-state index in [4.69, 9.17) is 23.2 Å². The molecule has 0 radical (unpaired) electrons. The van der Waals surface area contributed by atoms with Crippen LogP contribution in [0.1, 0.15) is 45.4 Å².